The molecule has 0 saturated carbocycles. The lowest BCUT2D eigenvalue weighted by atomic mass is 10.4. The number of aromatic nitrogens is 2. The molecule has 0 aromatic carbocycles. The Bertz CT molecular complexity index is 360. The maximum atomic E-state index is 12.0. The molecule has 0 atom stereocenters. The van der Waals surface area contributed by atoms with E-state index in [9.17, 15) is 4.79 Å². The summed E-state index contributed by atoms with van der Waals surface area (Å²) >= 11 is 0. The van der Waals surface area contributed by atoms with E-state index in [4.69, 9.17) is 5.73 Å². The summed E-state index contributed by atoms with van der Waals surface area (Å²) in [4.78, 5) is 19.8. The normalized spacial score (nSPS) is 10.9. The highest BCUT2D eigenvalue weighted by Crippen LogP contribution is 2.00. The summed E-state index contributed by atoms with van der Waals surface area (Å²) in [7, 11) is 5.75. The van der Waals surface area contributed by atoms with Crippen LogP contribution in [0.4, 0.5) is 0 Å². The van der Waals surface area contributed by atoms with Gasteiger partial charge in [-0.15, -0.1) is 0 Å². The fraction of sp³-hybridized carbons (Fsp3) is 0.636. The molecule has 96 valence electrons. The van der Waals surface area contributed by atoms with Gasteiger partial charge in [-0.3, -0.25) is 4.79 Å². The van der Waals surface area contributed by atoms with E-state index in [0.29, 0.717) is 25.3 Å². The second kappa shape index (κ2) is 6.36. The fourth-order valence-corrected chi connectivity index (χ4v) is 1.39. The molecular formula is C11H21N5O. The van der Waals surface area contributed by atoms with Crippen molar-refractivity contribution in [2.24, 2.45) is 5.73 Å². The minimum absolute atomic E-state index is 0.0531. The van der Waals surface area contributed by atoms with E-state index in [2.05, 4.69) is 4.98 Å². The summed E-state index contributed by atoms with van der Waals surface area (Å²) < 4.78 is 1.83. The molecule has 17 heavy (non-hydrogen) atoms. The topological polar surface area (TPSA) is 67.4 Å². The molecule has 0 radical (unpaired) electrons. The van der Waals surface area contributed by atoms with Crippen molar-refractivity contribution in [1.82, 2.24) is 19.4 Å². The molecule has 6 nitrogen and oxygen atoms in total. The van der Waals surface area contributed by atoms with Gasteiger partial charge >= 0.3 is 0 Å². The van der Waals surface area contributed by atoms with Gasteiger partial charge in [-0.1, -0.05) is 0 Å². The first-order valence-electron chi connectivity index (χ1n) is 5.66. The van der Waals surface area contributed by atoms with E-state index in [1.54, 1.807) is 24.5 Å². The van der Waals surface area contributed by atoms with Crippen LogP contribution in [0.5, 0.6) is 0 Å². The van der Waals surface area contributed by atoms with Gasteiger partial charge in [-0.25, -0.2) is 4.98 Å². The number of nitrogens with two attached hydrogens (primary N) is 1. The molecule has 2 N–H and O–H groups in total. The van der Waals surface area contributed by atoms with Crippen LogP contribution in [-0.4, -0.2) is 66.0 Å². The molecule has 1 aromatic heterocycles. The smallest absolute Gasteiger partial charge is 0.273 e. The first-order chi connectivity index (χ1) is 8.04. The third-order valence-electron chi connectivity index (χ3n) is 2.47. The lowest BCUT2D eigenvalue weighted by Gasteiger charge is -2.18. The number of carbonyl (C=O) groups is 1. The van der Waals surface area contributed by atoms with Crippen molar-refractivity contribution in [2.45, 2.75) is 6.54 Å². The van der Waals surface area contributed by atoms with E-state index in [1.165, 1.54) is 0 Å². The standard InChI is InChI=1S/C11H21N5O/c1-14(2)6-7-15(3)11(17)10-8-16(5-4-12)9-13-10/h8-9H,4-7,12H2,1-3H3. The van der Waals surface area contributed by atoms with E-state index in [-0.39, 0.29) is 5.91 Å². The van der Waals surface area contributed by atoms with Crippen LogP contribution < -0.4 is 5.73 Å². The summed E-state index contributed by atoms with van der Waals surface area (Å²) in [5.41, 5.74) is 5.91. The Morgan fingerprint density at radius 1 is 1.41 bits per heavy atom. The predicted molar refractivity (Wildman–Crippen MR) is 66.8 cm³/mol. The van der Waals surface area contributed by atoms with Gasteiger partial charge in [0.25, 0.3) is 5.91 Å². The SMILES string of the molecule is CN(C)CCN(C)C(=O)c1cn(CCN)cn1. The number of hydrogen-bond donors (Lipinski definition) is 1. The quantitative estimate of drug-likeness (QED) is 0.725. The van der Waals surface area contributed by atoms with Gasteiger partial charge < -0.3 is 20.1 Å². The van der Waals surface area contributed by atoms with E-state index >= 15 is 0 Å². The molecule has 1 rings (SSSR count). The Morgan fingerprint density at radius 3 is 2.71 bits per heavy atom. The predicted octanol–water partition coefficient (Wildman–Crippen LogP) is -0.525. The van der Waals surface area contributed by atoms with Crippen LogP contribution in [0.1, 0.15) is 10.5 Å². The first-order valence-corrected chi connectivity index (χ1v) is 5.66. The zero-order valence-corrected chi connectivity index (χ0v) is 10.8. The summed E-state index contributed by atoms with van der Waals surface area (Å²) in [5, 5.41) is 0. The van der Waals surface area contributed by atoms with Crippen molar-refractivity contribution >= 4 is 5.91 Å². The molecule has 0 fully saturated rings. The van der Waals surface area contributed by atoms with Crippen molar-refractivity contribution in [2.75, 3.05) is 40.8 Å². The number of hydrogen-bond acceptors (Lipinski definition) is 4. The van der Waals surface area contributed by atoms with Crippen LogP contribution in [0, 0.1) is 0 Å². The second-order valence-corrected chi connectivity index (χ2v) is 4.32. The maximum Gasteiger partial charge on any atom is 0.273 e. The highest BCUT2D eigenvalue weighted by molar-refractivity contribution is 5.91. The number of imidazole rings is 1. The van der Waals surface area contributed by atoms with Gasteiger partial charge in [0.15, 0.2) is 0 Å². The number of nitrogens with zero attached hydrogens (tertiary/aromatic N) is 4. The summed E-state index contributed by atoms with van der Waals surface area (Å²) in [5.74, 6) is -0.0531. The van der Waals surface area contributed by atoms with Gasteiger partial charge in [-0.05, 0) is 14.1 Å². The number of likely N-dealkylation sites (N-methyl/N-ethyl adjacent to an activating group) is 2. The van der Waals surface area contributed by atoms with Crippen molar-refractivity contribution < 1.29 is 4.79 Å². The Balaban J connectivity index is 2.55. The van der Waals surface area contributed by atoms with Crippen LogP contribution in [0.3, 0.4) is 0 Å². The maximum absolute atomic E-state index is 12.0. The Morgan fingerprint density at radius 2 is 2.12 bits per heavy atom. The molecule has 1 heterocycles. The molecule has 0 saturated heterocycles. The fourth-order valence-electron chi connectivity index (χ4n) is 1.39. The highest BCUT2D eigenvalue weighted by Gasteiger charge is 2.14. The lowest BCUT2D eigenvalue weighted by molar-refractivity contribution is 0.0781. The minimum Gasteiger partial charge on any atom is -0.339 e. The molecule has 6 heteroatoms. The van der Waals surface area contributed by atoms with E-state index in [0.717, 1.165) is 6.54 Å². The highest BCUT2D eigenvalue weighted by atomic mass is 16.2. The summed E-state index contributed by atoms with van der Waals surface area (Å²) in [6.07, 6.45) is 3.38. The van der Waals surface area contributed by atoms with Crippen LogP contribution in [0.2, 0.25) is 0 Å². The van der Waals surface area contributed by atoms with Gasteiger partial charge in [0.2, 0.25) is 0 Å². The van der Waals surface area contributed by atoms with Crippen LogP contribution in [-0.2, 0) is 6.54 Å². The van der Waals surface area contributed by atoms with Crippen LogP contribution >= 0.6 is 0 Å². The van der Waals surface area contributed by atoms with Crippen LogP contribution in [0.15, 0.2) is 12.5 Å². The molecule has 0 aliphatic rings. The number of rotatable bonds is 6. The molecule has 0 bridgehead atoms. The van der Waals surface area contributed by atoms with Crippen molar-refractivity contribution in [3.05, 3.63) is 18.2 Å². The third kappa shape index (κ3) is 4.16. The zero-order chi connectivity index (χ0) is 12.8. The van der Waals surface area contributed by atoms with Gasteiger partial charge in [0, 0.05) is 39.4 Å². The average molecular weight is 239 g/mol. The third-order valence-corrected chi connectivity index (χ3v) is 2.47. The minimum atomic E-state index is -0.0531. The van der Waals surface area contributed by atoms with E-state index in [1.807, 2.05) is 23.6 Å². The molecular weight excluding hydrogens is 218 g/mol. The second-order valence-electron chi connectivity index (χ2n) is 4.32. The van der Waals surface area contributed by atoms with Crippen molar-refractivity contribution in [3.63, 3.8) is 0 Å². The zero-order valence-electron chi connectivity index (χ0n) is 10.8. The molecule has 0 unspecified atom stereocenters. The summed E-state index contributed by atoms with van der Waals surface area (Å²) in [6, 6.07) is 0. The van der Waals surface area contributed by atoms with Gasteiger partial charge in [0.1, 0.15) is 5.69 Å². The van der Waals surface area contributed by atoms with Crippen molar-refractivity contribution in [3.8, 4) is 0 Å². The van der Waals surface area contributed by atoms with Crippen molar-refractivity contribution in [1.29, 1.82) is 0 Å². The average Bonchev–Trinajstić information content (AvgIpc) is 2.74. The summed E-state index contributed by atoms with van der Waals surface area (Å²) in [6.45, 7) is 2.75. The van der Waals surface area contributed by atoms with Gasteiger partial charge in [0.05, 0.1) is 6.33 Å². The Labute approximate surface area is 102 Å². The lowest BCUT2D eigenvalue weighted by Crippen LogP contribution is -2.33. The molecule has 1 aromatic rings. The van der Waals surface area contributed by atoms with E-state index < -0.39 is 0 Å². The Hall–Kier alpha value is -1.40. The molecule has 1 amide bonds. The largest absolute Gasteiger partial charge is 0.339 e. The number of amides is 1. The molecule has 0 aliphatic heterocycles. The molecule has 0 aliphatic carbocycles. The van der Waals surface area contributed by atoms with Gasteiger partial charge in [-0.2, -0.15) is 0 Å². The monoisotopic (exact) mass is 239 g/mol. The number of carbonyl (C=O) groups excluding carboxylic acids is 1. The first kappa shape index (κ1) is 13.7. The Kier molecular flexibility index (Phi) is 5.11. The molecule has 0 spiro atoms. The van der Waals surface area contributed by atoms with Crippen LogP contribution in [0.25, 0.3) is 0 Å².